The summed E-state index contributed by atoms with van der Waals surface area (Å²) < 4.78 is 88.9. The quantitative estimate of drug-likeness (QED) is 0.435. The maximum Gasteiger partial charge on any atom is 0.460 e. The minimum Gasteiger partial charge on any atom is -0.501 e. The zero-order valence-corrected chi connectivity index (χ0v) is 8.32. The molecule has 0 fully saturated rings. The van der Waals surface area contributed by atoms with Gasteiger partial charge >= 0.3 is 18.0 Å². The lowest BCUT2D eigenvalue weighted by atomic mass is 10.1. The van der Waals surface area contributed by atoms with Crippen LogP contribution in [0, 0.1) is 0 Å². The molecule has 0 bridgehead atoms. The van der Waals surface area contributed by atoms with Gasteiger partial charge in [0.2, 0.25) is 5.78 Å². The van der Waals surface area contributed by atoms with Gasteiger partial charge < -0.3 is 4.74 Å². The lowest BCUT2D eigenvalue weighted by molar-refractivity contribution is -0.342. The maximum atomic E-state index is 12.6. The molecule has 2 nitrogen and oxygen atoms in total. The number of allylic oxidation sites excluding steroid dienone is 1. The molecule has 0 spiro atoms. The van der Waals surface area contributed by atoms with Crippen LogP contribution in [0.25, 0.3) is 0 Å². The third-order valence-electron chi connectivity index (χ3n) is 1.54. The lowest BCUT2D eigenvalue weighted by Crippen LogP contribution is -2.55. The number of ether oxygens (including phenoxy) is 1. The minimum absolute atomic E-state index is 0.0645. The van der Waals surface area contributed by atoms with Gasteiger partial charge in [0.25, 0.3) is 0 Å². The van der Waals surface area contributed by atoms with Crippen molar-refractivity contribution in [3.8, 4) is 0 Å². The summed E-state index contributed by atoms with van der Waals surface area (Å²) in [4.78, 5) is 10.5. The fraction of sp³-hybridized carbons (Fsp3) is 0.625. The number of carbonyl (C=O) groups excluding carboxylic acids is 1. The largest absolute Gasteiger partial charge is 0.501 e. The molecular weight excluding hydrogens is 261 g/mol. The van der Waals surface area contributed by atoms with E-state index in [1.165, 1.54) is 6.92 Å². The molecule has 0 aromatic heterocycles. The molecular formula is C8H7F7O2. The normalized spacial score (nSPS) is 14.1. The Bertz CT molecular complexity index is 305. The van der Waals surface area contributed by atoms with E-state index in [1.54, 1.807) is 0 Å². The van der Waals surface area contributed by atoms with Gasteiger partial charge in [-0.15, -0.1) is 0 Å². The minimum atomic E-state index is -6.52. The highest BCUT2D eigenvalue weighted by Gasteiger charge is 2.75. The zero-order valence-electron chi connectivity index (χ0n) is 8.32. The number of ketones is 1. The second-order valence-corrected chi connectivity index (χ2v) is 2.77. The first-order valence-corrected chi connectivity index (χ1v) is 4.13. The smallest absolute Gasteiger partial charge is 0.460 e. The molecule has 0 amide bonds. The molecule has 17 heavy (non-hydrogen) atoms. The SMILES string of the molecule is CCOC=CC(=O)C(F)(F)C(F)(F)C(F)(F)F. The Morgan fingerprint density at radius 3 is 1.94 bits per heavy atom. The topological polar surface area (TPSA) is 26.3 Å². The number of rotatable bonds is 5. The summed E-state index contributed by atoms with van der Waals surface area (Å²) in [6, 6.07) is 0. The Morgan fingerprint density at radius 2 is 1.59 bits per heavy atom. The first kappa shape index (κ1) is 15.7. The molecule has 0 aliphatic rings. The van der Waals surface area contributed by atoms with Crippen molar-refractivity contribution in [3.63, 3.8) is 0 Å². The van der Waals surface area contributed by atoms with Crippen LogP contribution in [-0.4, -0.2) is 30.4 Å². The van der Waals surface area contributed by atoms with Crippen molar-refractivity contribution in [2.45, 2.75) is 24.9 Å². The van der Waals surface area contributed by atoms with Crippen molar-refractivity contribution in [2.24, 2.45) is 0 Å². The van der Waals surface area contributed by atoms with Crippen LogP contribution in [0.1, 0.15) is 6.92 Å². The van der Waals surface area contributed by atoms with E-state index in [4.69, 9.17) is 0 Å². The van der Waals surface area contributed by atoms with Gasteiger partial charge in [0.1, 0.15) is 0 Å². The maximum absolute atomic E-state index is 12.6. The van der Waals surface area contributed by atoms with Gasteiger partial charge in [-0.2, -0.15) is 30.7 Å². The van der Waals surface area contributed by atoms with E-state index in [0.29, 0.717) is 6.26 Å². The van der Waals surface area contributed by atoms with E-state index in [9.17, 15) is 35.5 Å². The van der Waals surface area contributed by atoms with Gasteiger partial charge in [-0.25, -0.2) is 0 Å². The molecule has 0 aliphatic heterocycles. The van der Waals surface area contributed by atoms with Gasteiger partial charge in [0.05, 0.1) is 12.9 Å². The summed E-state index contributed by atoms with van der Waals surface area (Å²) in [6.45, 7) is 1.32. The third kappa shape index (κ3) is 3.10. The zero-order chi connectivity index (χ0) is 13.9. The van der Waals surface area contributed by atoms with Crippen molar-refractivity contribution >= 4 is 5.78 Å². The molecule has 0 unspecified atom stereocenters. The number of alkyl halides is 7. The monoisotopic (exact) mass is 268 g/mol. The van der Waals surface area contributed by atoms with Crippen LogP contribution < -0.4 is 0 Å². The average Bonchev–Trinajstić information content (AvgIpc) is 2.15. The van der Waals surface area contributed by atoms with Crippen LogP contribution >= 0.6 is 0 Å². The summed E-state index contributed by atoms with van der Waals surface area (Å²) in [6.07, 6.45) is -6.38. The fourth-order valence-corrected chi connectivity index (χ4v) is 0.644. The third-order valence-corrected chi connectivity index (χ3v) is 1.54. The Hall–Kier alpha value is -1.28. The van der Waals surface area contributed by atoms with Crippen molar-refractivity contribution < 1.29 is 40.3 Å². The van der Waals surface area contributed by atoms with Gasteiger partial charge in [-0.1, -0.05) is 0 Å². The molecule has 0 saturated heterocycles. The van der Waals surface area contributed by atoms with Crippen LogP contribution in [0.5, 0.6) is 0 Å². The summed E-state index contributed by atoms with van der Waals surface area (Å²) in [5, 5.41) is 0. The molecule has 0 radical (unpaired) electrons. The number of carbonyl (C=O) groups is 1. The fourth-order valence-electron chi connectivity index (χ4n) is 0.644. The summed E-state index contributed by atoms with van der Waals surface area (Å²) >= 11 is 0. The molecule has 0 aliphatic carbocycles. The summed E-state index contributed by atoms with van der Waals surface area (Å²) in [5.74, 6) is -15.0. The first-order chi connectivity index (χ1) is 7.48. The second-order valence-electron chi connectivity index (χ2n) is 2.77. The second kappa shape index (κ2) is 4.92. The molecule has 0 rings (SSSR count). The van der Waals surface area contributed by atoms with E-state index in [1.807, 2.05) is 0 Å². The van der Waals surface area contributed by atoms with Crippen LogP contribution in [-0.2, 0) is 9.53 Å². The predicted molar refractivity (Wildman–Crippen MR) is 41.7 cm³/mol. The van der Waals surface area contributed by atoms with Gasteiger partial charge in [-0.3, -0.25) is 4.79 Å². The van der Waals surface area contributed by atoms with Crippen molar-refractivity contribution in [3.05, 3.63) is 12.3 Å². The average molecular weight is 268 g/mol. The van der Waals surface area contributed by atoms with Crippen molar-refractivity contribution in [2.75, 3.05) is 6.61 Å². The Labute approximate surface area is 91.0 Å². The van der Waals surface area contributed by atoms with E-state index in [2.05, 4.69) is 4.74 Å². The van der Waals surface area contributed by atoms with E-state index in [0.717, 1.165) is 0 Å². The molecule has 9 heteroatoms. The molecule has 0 aromatic carbocycles. The van der Waals surface area contributed by atoms with E-state index in [-0.39, 0.29) is 12.7 Å². The van der Waals surface area contributed by atoms with Crippen LogP contribution in [0.3, 0.4) is 0 Å². The van der Waals surface area contributed by atoms with E-state index < -0.39 is 23.8 Å². The number of hydrogen-bond donors (Lipinski definition) is 0. The Kier molecular flexibility index (Phi) is 4.55. The van der Waals surface area contributed by atoms with Crippen molar-refractivity contribution in [1.82, 2.24) is 0 Å². The van der Waals surface area contributed by atoms with Gasteiger partial charge in [0, 0.05) is 6.08 Å². The molecule has 100 valence electrons. The predicted octanol–water partition coefficient (Wildman–Crippen LogP) is 2.94. The lowest BCUT2D eigenvalue weighted by Gasteiger charge is -2.25. The molecule has 0 atom stereocenters. The standard InChI is InChI=1S/C8H7F7O2/c1-2-17-4-3-5(16)6(9,10)7(11,12)8(13,14)15/h3-4H,2H2,1H3. The van der Waals surface area contributed by atoms with E-state index >= 15 is 0 Å². The summed E-state index contributed by atoms with van der Waals surface area (Å²) in [5.41, 5.74) is 0. The number of hydrogen-bond acceptors (Lipinski definition) is 2. The molecule has 0 heterocycles. The molecule has 0 saturated carbocycles. The number of halogens is 7. The van der Waals surface area contributed by atoms with Crippen LogP contribution in [0.2, 0.25) is 0 Å². The van der Waals surface area contributed by atoms with Crippen LogP contribution in [0.4, 0.5) is 30.7 Å². The Morgan fingerprint density at radius 1 is 1.12 bits per heavy atom. The highest BCUT2D eigenvalue weighted by Crippen LogP contribution is 2.46. The first-order valence-electron chi connectivity index (χ1n) is 4.13. The highest BCUT2D eigenvalue weighted by atomic mass is 19.4. The van der Waals surface area contributed by atoms with Crippen LogP contribution in [0.15, 0.2) is 12.3 Å². The summed E-state index contributed by atoms with van der Waals surface area (Å²) in [7, 11) is 0. The molecule has 0 N–H and O–H groups in total. The highest BCUT2D eigenvalue weighted by molar-refractivity contribution is 5.96. The Balaban J connectivity index is 5.07. The van der Waals surface area contributed by atoms with Gasteiger partial charge in [-0.05, 0) is 6.92 Å². The molecule has 0 aromatic rings. The van der Waals surface area contributed by atoms with Crippen molar-refractivity contribution in [1.29, 1.82) is 0 Å². The van der Waals surface area contributed by atoms with Gasteiger partial charge in [0.15, 0.2) is 0 Å².